The largest absolute Gasteiger partial charge is 0.326 e. The standard InChI is InChI=1S/C17H22FN3O/c18-13-9-12(10-13)11-20-7-5-14(6-8-20)21-16-4-2-1-3-15(16)19-17(21)22/h1-4,12-14H,5-11H2,(H,19,22). The number of rotatable bonds is 3. The quantitative estimate of drug-likeness (QED) is 0.947. The Morgan fingerprint density at radius 2 is 1.91 bits per heavy atom. The Hall–Kier alpha value is -1.62. The van der Waals surface area contributed by atoms with Crippen molar-refractivity contribution in [2.24, 2.45) is 5.92 Å². The van der Waals surface area contributed by atoms with Gasteiger partial charge in [0.1, 0.15) is 6.17 Å². The summed E-state index contributed by atoms with van der Waals surface area (Å²) in [5, 5.41) is 0. The summed E-state index contributed by atoms with van der Waals surface area (Å²) in [6.07, 6.45) is 2.90. The maximum absolute atomic E-state index is 12.9. The number of aromatic nitrogens is 2. The maximum atomic E-state index is 12.9. The number of H-pyrrole nitrogens is 1. The zero-order chi connectivity index (χ0) is 15.1. The summed E-state index contributed by atoms with van der Waals surface area (Å²) in [7, 11) is 0. The highest BCUT2D eigenvalue weighted by Gasteiger charge is 2.32. The molecule has 2 aromatic rings. The molecule has 0 radical (unpaired) electrons. The Morgan fingerprint density at radius 1 is 1.18 bits per heavy atom. The first kappa shape index (κ1) is 14.0. The van der Waals surface area contributed by atoms with Crippen molar-refractivity contribution < 1.29 is 4.39 Å². The van der Waals surface area contributed by atoms with Crippen LogP contribution in [-0.4, -0.2) is 40.3 Å². The average Bonchev–Trinajstić information content (AvgIpc) is 2.82. The van der Waals surface area contributed by atoms with Crippen LogP contribution in [-0.2, 0) is 0 Å². The number of para-hydroxylation sites is 2. The predicted molar refractivity (Wildman–Crippen MR) is 84.9 cm³/mol. The first-order valence-corrected chi connectivity index (χ1v) is 8.26. The Balaban J connectivity index is 1.44. The molecular weight excluding hydrogens is 281 g/mol. The topological polar surface area (TPSA) is 41.0 Å². The Labute approximate surface area is 128 Å². The van der Waals surface area contributed by atoms with Gasteiger partial charge >= 0.3 is 5.69 Å². The van der Waals surface area contributed by atoms with Crippen LogP contribution in [0.25, 0.3) is 11.0 Å². The molecule has 0 unspecified atom stereocenters. The van der Waals surface area contributed by atoms with E-state index >= 15 is 0 Å². The number of halogens is 1. The van der Waals surface area contributed by atoms with Gasteiger partial charge in [0.2, 0.25) is 0 Å². The zero-order valence-corrected chi connectivity index (χ0v) is 12.7. The van der Waals surface area contributed by atoms with E-state index in [1.54, 1.807) is 0 Å². The molecule has 1 saturated heterocycles. The summed E-state index contributed by atoms with van der Waals surface area (Å²) in [5.74, 6) is 0.544. The van der Waals surface area contributed by atoms with Gasteiger partial charge < -0.3 is 9.88 Å². The highest BCUT2D eigenvalue weighted by atomic mass is 19.1. The van der Waals surface area contributed by atoms with E-state index in [4.69, 9.17) is 0 Å². The number of fused-ring (bicyclic) bond motifs is 1. The van der Waals surface area contributed by atoms with E-state index in [9.17, 15) is 9.18 Å². The molecule has 4 nitrogen and oxygen atoms in total. The lowest BCUT2D eigenvalue weighted by Gasteiger charge is -2.38. The van der Waals surface area contributed by atoms with Gasteiger partial charge in [-0.25, -0.2) is 9.18 Å². The van der Waals surface area contributed by atoms with Crippen LogP contribution in [0.3, 0.4) is 0 Å². The van der Waals surface area contributed by atoms with Gasteiger partial charge in [-0.2, -0.15) is 0 Å². The van der Waals surface area contributed by atoms with Crippen LogP contribution >= 0.6 is 0 Å². The van der Waals surface area contributed by atoms with Crippen LogP contribution < -0.4 is 5.69 Å². The summed E-state index contributed by atoms with van der Waals surface area (Å²) < 4.78 is 14.8. The van der Waals surface area contributed by atoms with Crippen molar-refractivity contribution in [1.82, 2.24) is 14.5 Å². The third-order valence-corrected chi connectivity index (χ3v) is 5.24. The molecule has 2 fully saturated rings. The smallest absolute Gasteiger partial charge is 0.306 e. The lowest BCUT2D eigenvalue weighted by molar-refractivity contribution is 0.0759. The van der Waals surface area contributed by atoms with Gasteiger partial charge in [-0.1, -0.05) is 12.1 Å². The number of piperidine rings is 1. The molecule has 1 aliphatic carbocycles. The van der Waals surface area contributed by atoms with Crippen molar-refractivity contribution in [1.29, 1.82) is 0 Å². The molecule has 0 bridgehead atoms. The molecule has 1 aromatic carbocycles. The van der Waals surface area contributed by atoms with Gasteiger partial charge in [0.15, 0.2) is 0 Å². The summed E-state index contributed by atoms with van der Waals surface area (Å²) in [5.41, 5.74) is 1.92. The van der Waals surface area contributed by atoms with E-state index in [1.807, 2.05) is 28.8 Å². The second-order valence-corrected chi connectivity index (χ2v) is 6.78. The fourth-order valence-corrected chi connectivity index (χ4v) is 3.97. The van der Waals surface area contributed by atoms with Gasteiger partial charge in [0.25, 0.3) is 0 Å². The van der Waals surface area contributed by atoms with Crippen molar-refractivity contribution in [3.8, 4) is 0 Å². The highest BCUT2D eigenvalue weighted by Crippen LogP contribution is 2.32. The SMILES string of the molecule is O=c1[nH]c2ccccc2n1C1CCN(CC2CC(F)C2)CC1. The lowest BCUT2D eigenvalue weighted by atomic mass is 9.83. The van der Waals surface area contributed by atoms with Crippen molar-refractivity contribution >= 4 is 11.0 Å². The number of aromatic amines is 1. The monoisotopic (exact) mass is 303 g/mol. The molecule has 4 rings (SSSR count). The second kappa shape index (κ2) is 5.54. The number of likely N-dealkylation sites (tertiary alicyclic amines) is 1. The van der Waals surface area contributed by atoms with E-state index in [0.29, 0.717) is 5.92 Å². The highest BCUT2D eigenvalue weighted by molar-refractivity contribution is 5.75. The minimum Gasteiger partial charge on any atom is -0.306 e. The molecular formula is C17H22FN3O. The third-order valence-electron chi connectivity index (χ3n) is 5.24. The average molecular weight is 303 g/mol. The fourth-order valence-electron chi connectivity index (χ4n) is 3.97. The number of alkyl halides is 1. The fraction of sp³-hybridized carbons (Fsp3) is 0.588. The summed E-state index contributed by atoms with van der Waals surface area (Å²) in [6, 6.07) is 8.16. The van der Waals surface area contributed by atoms with Crippen LogP contribution in [0.15, 0.2) is 29.1 Å². The minimum absolute atomic E-state index is 0.00101. The van der Waals surface area contributed by atoms with Crippen molar-refractivity contribution in [2.75, 3.05) is 19.6 Å². The van der Waals surface area contributed by atoms with Gasteiger partial charge in [0, 0.05) is 25.7 Å². The Morgan fingerprint density at radius 3 is 2.64 bits per heavy atom. The van der Waals surface area contributed by atoms with Crippen LogP contribution in [0.2, 0.25) is 0 Å². The summed E-state index contributed by atoms with van der Waals surface area (Å²) in [6.45, 7) is 3.03. The number of nitrogens with zero attached hydrogens (tertiary/aromatic N) is 2. The number of benzene rings is 1. The number of nitrogens with one attached hydrogen (secondary N) is 1. The van der Waals surface area contributed by atoms with Crippen LogP contribution in [0.4, 0.5) is 4.39 Å². The molecule has 5 heteroatoms. The van der Waals surface area contributed by atoms with Crippen LogP contribution in [0.1, 0.15) is 31.7 Å². The zero-order valence-electron chi connectivity index (χ0n) is 12.7. The van der Waals surface area contributed by atoms with Gasteiger partial charge in [-0.05, 0) is 43.7 Å². The molecule has 1 N–H and O–H groups in total. The first-order chi connectivity index (χ1) is 10.7. The third kappa shape index (κ3) is 2.47. The maximum Gasteiger partial charge on any atom is 0.326 e. The normalized spacial score (nSPS) is 27.1. The molecule has 0 atom stereocenters. The molecule has 1 aliphatic heterocycles. The molecule has 118 valence electrons. The molecule has 1 aromatic heterocycles. The van der Waals surface area contributed by atoms with E-state index in [2.05, 4.69) is 9.88 Å². The predicted octanol–water partition coefficient (Wildman–Crippen LogP) is 2.71. The molecule has 0 amide bonds. The minimum atomic E-state index is -0.563. The van der Waals surface area contributed by atoms with E-state index in [1.165, 1.54) is 0 Å². The van der Waals surface area contributed by atoms with E-state index in [-0.39, 0.29) is 11.7 Å². The Bertz CT molecular complexity index is 708. The summed E-state index contributed by atoms with van der Waals surface area (Å²) >= 11 is 0. The first-order valence-electron chi connectivity index (χ1n) is 8.26. The van der Waals surface area contributed by atoms with E-state index in [0.717, 1.165) is 56.4 Å². The molecule has 1 saturated carbocycles. The van der Waals surface area contributed by atoms with Gasteiger partial charge in [-0.3, -0.25) is 4.57 Å². The number of hydrogen-bond donors (Lipinski definition) is 1. The molecule has 2 aliphatic rings. The molecule has 22 heavy (non-hydrogen) atoms. The van der Waals surface area contributed by atoms with E-state index < -0.39 is 6.17 Å². The van der Waals surface area contributed by atoms with Crippen molar-refractivity contribution in [2.45, 2.75) is 37.9 Å². The molecule has 2 heterocycles. The van der Waals surface area contributed by atoms with Gasteiger partial charge in [0.05, 0.1) is 11.0 Å². The molecule has 0 spiro atoms. The van der Waals surface area contributed by atoms with Crippen molar-refractivity contribution in [3.63, 3.8) is 0 Å². The lowest BCUT2D eigenvalue weighted by Crippen LogP contribution is -2.42. The van der Waals surface area contributed by atoms with Crippen LogP contribution in [0, 0.1) is 5.92 Å². The second-order valence-electron chi connectivity index (χ2n) is 6.78. The Kier molecular flexibility index (Phi) is 3.53. The number of imidazole rings is 1. The summed E-state index contributed by atoms with van der Waals surface area (Å²) in [4.78, 5) is 17.6. The van der Waals surface area contributed by atoms with Gasteiger partial charge in [-0.15, -0.1) is 0 Å². The number of hydrogen-bond acceptors (Lipinski definition) is 2. The van der Waals surface area contributed by atoms with Crippen LogP contribution in [0.5, 0.6) is 0 Å². The van der Waals surface area contributed by atoms with Crippen molar-refractivity contribution in [3.05, 3.63) is 34.7 Å².